The number of benzene rings is 2. The number of halogens is 1. The van der Waals surface area contributed by atoms with Crippen molar-refractivity contribution in [1.29, 1.82) is 0 Å². The van der Waals surface area contributed by atoms with Crippen LogP contribution in [0.3, 0.4) is 0 Å². The summed E-state index contributed by atoms with van der Waals surface area (Å²) in [7, 11) is 0. The summed E-state index contributed by atoms with van der Waals surface area (Å²) >= 11 is 4.41. The summed E-state index contributed by atoms with van der Waals surface area (Å²) in [6, 6.07) is 12.3. The lowest BCUT2D eigenvalue weighted by molar-refractivity contribution is -0.384. The minimum absolute atomic E-state index is 0.00591. The number of rotatable bonds is 4. The molecule has 0 saturated heterocycles. The molecular formula is C13H10BrN3O3S. The number of nitrogens with two attached hydrogens (primary N) is 1. The Morgan fingerprint density at radius 2 is 1.71 bits per heavy atom. The molecule has 8 heteroatoms. The van der Waals surface area contributed by atoms with Crippen molar-refractivity contribution in [2.45, 2.75) is 4.90 Å². The Labute approximate surface area is 133 Å². The number of primary amides is 1. The molecule has 0 atom stereocenters. The molecule has 0 aliphatic carbocycles. The molecule has 2 aromatic rings. The number of carbonyl (C=O) groups excluding carboxylic acids is 1. The molecule has 0 spiro atoms. The van der Waals surface area contributed by atoms with Crippen molar-refractivity contribution < 1.29 is 9.72 Å². The lowest BCUT2D eigenvalue weighted by Crippen LogP contribution is -2.29. The second-order valence-electron chi connectivity index (χ2n) is 3.95. The standard InChI is InChI=1S/C13H10BrN3O3S/c14-9-1-3-10(4-2-9)16(13(15)18)21-12-7-5-11(6-8-12)17(19)20/h1-8H,(H2,15,18). The summed E-state index contributed by atoms with van der Waals surface area (Å²) in [4.78, 5) is 22.4. The van der Waals surface area contributed by atoms with Gasteiger partial charge in [0.2, 0.25) is 0 Å². The number of non-ortho nitro benzene ring substituents is 1. The van der Waals surface area contributed by atoms with Gasteiger partial charge in [0, 0.05) is 21.5 Å². The lowest BCUT2D eigenvalue weighted by Gasteiger charge is -2.18. The van der Waals surface area contributed by atoms with E-state index in [0.29, 0.717) is 10.6 Å². The van der Waals surface area contributed by atoms with Crippen LogP contribution < -0.4 is 10.0 Å². The summed E-state index contributed by atoms with van der Waals surface area (Å²) in [5, 5.41) is 10.6. The predicted molar refractivity (Wildman–Crippen MR) is 85.2 cm³/mol. The van der Waals surface area contributed by atoms with E-state index in [0.717, 1.165) is 16.4 Å². The van der Waals surface area contributed by atoms with Crippen LogP contribution in [0.25, 0.3) is 0 Å². The molecule has 0 fully saturated rings. The van der Waals surface area contributed by atoms with E-state index in [4.69, 9.17) is 5.73 Å². The molecule has 0 saturated carbocycles. The van der Waals surface area contributed by atoms with E-state index in [2.05, 4.69) is 15.9 Å². The summed E-state index contributed by atoms with van der Waals surface area (Å²) in [6.07, 6.45) is 0. The van der Waals surface area contributed by atoms with Gasteiger partial charge >= 0.3 is 6.03 Å². The number of urea groups is 1. The molecule has 6 nitrogen and oxygen atoms in total. The Kier molecular flexibility index (Phi) is 4.81. The normalized spacial score (nSPS) is 10.1. The molecule has 0 aliphatic heterocycles. The highest BCUT2D eigenvalue weighted by Crippen LogP contribution is 2.30. The Morgan fingerprint density at radius 1 is 1.14 bits per heavy atom. The van der Waals surface area contributed by atoms with Crippen LogP contribution in [0, 0.1) is 10.1 Å². The van der Waals surface area contributed by atoms with Crippen molar-refractivity contribution in [2.75, 3.05) is 4.31 Å². The van der Waals surface area contributed by atoms with Crippen molar-refractivity contribution in [3.8, 4) is 0 Å². The average Bonchev–Trinajstić information content (AvgIpc) is 2.46. The van der Waals surface area contributed by atoms with Crippen molar-refractivity contribution in [3.63, 3.8) is 0 Å². The Morgan fingerprint density at radius 3 is 2.19 bits per heavy atom. The number of hydrogen-bond donors (Lipinski definition) is 1. The fourth-order valence-electron chi connectivity index (χ4n) is 1.54. The summed E-state index contributed by atoms with van der Waals surface area (Å²) in [5.74, 6) is 0. The SMILES string of the molecule is NC(=O)N(Sc1ccc([N+](=O)[O-])cc1)c1ccc(Br)cc1. The Balaban J connectivity index is 2.22. The maximum absolute atomic E-state index is 11.6. The van der Waals surface area contributed by atoms with Gasteiger partial charge in [0.15, 0.2) is 0 Å². The highest BCUT2D eigenvalue weighted by atomic mass is 79.9. The van der Waals surface area contributed by atoms with Crippen molar-refractivity contribution in [2.24, 2.45) is 5.73 Å². The largest absolute Gasteiger partial charge is 0.350 e. The van der Waals surface area contributed by atoms with Gasteiger partial charge in [-0.15, -0.1) is 0 Å². The molecule has 21 heavy (non-hydrogen) atoms. The highest BCUT2D eigenvalue weighted by molar-refractivity contribution is 9.10. The molecule has 2 amide bonds. The number of hydrogen-bond acceptors (Lipinski definition) is 4. The second kappa shape index (κ2) is 6.59. The van der Waals surface area contributed by atoms with Crippen LogP contribution in [-0.4, -0.2) is 11.0 Å². The van der Waals surface area contributed by atoms with Crippen LogP contribution in [0.1, 0.15) is 0 Å². The van der Waals surface area contributed by atoms with Crippen molar-refractivity contribution in [1.82, 2.24) is 0 Å². The number of nitro benzene ring substituents is 1. The molecule has 2 N–H and O–H groups in total. The van der Waals surface area contributed by atoms with Crippen molar-refractivity contribution in [3.05, 3.63) is 63.1 Å². The monoisotopic (exact) mass is 367 g/mol. The number of nitro groups is 1. The molecule has 2 rings (SSSR count). The van der Waals surface area contributed by atoms with Gasteiger partial charge in [-0.1, -0.05) is 15.9 Å². The zero-order chi connectivity index (χ0) is 15.4. The molecule has 2 aromatic carbocycles. The number of carbonyl (C=O) groups is 1. The van der Waals surface area contributed by atoms with Gasteiger partial charge in [-0.05, 0) is 48.3 Å². The zero-order valence-corrected chi connectivity index (χ0v) is 13.0. The number of amides is 2. The van der Waals surface area contributed by atoms with Gasteiger partial charge in [0.05, 0.1) is 10.6 Å². The van der Waals surface area contributed by atoms with E-state index in [1.165, 1.54) is 16.4 Å². The molecule has 0 bridgehead atoms. The molecule has 108 valence electrons. The van der Waals surface area contributed by atoms with Gasteiger partial charge in [0.25, 0.3) is 5.69 Å². The molecule has 0 heterocycles. The summed E-state index contributed by atoms with van der Waals surface area (Å²) in [5.41, 5.74) is 5.99. The van der Waals surface area contributed by atoms with Gasteiger partial charge in [-0.2, -0.15) is 0 Å². The van der Waals surface area contributed by atoms with Crippen molar-refractivity contribution >= 4 is 45.3 Å². The van der Waals surface area contributed by atoms with E-state index >= 15 is 0 Å². The highest BCUT2D eigenvalue weighted by Gasteiger charge is 2.15. The Hall–Kier alpha value is -2.06. The Bertz CT molecular complexity index is 661. The van der Waals surface area contributed by atoms with E-state index in [1.807, 2.05) is 0 Å². The lowest BCUT2D eigenvalue weighted by atomic mass is 10.3. The molecule has 0 unspecified atom stereocenters. The maximum atomic E-state index is 11.6. The maximum Gasteiger partial charge on any atom is 0.329 e. The fourth-order valence-corrected chi connectivity index (χ4v) is 2.59. The predicted octanol–water partition coefficient (Wildman–Crippen LogP) is 3.95. The summed E-state index contributed by atoms with van der Waals surface area (Å²) < 4.78 is 2.20. The second-order valence-corrected chi connectivity index (χ2v) is 5.89. The first-order valence-electron chi connectivity index (χ1n) is 5.75. The zero-order valence-electron chi connectivity index (χ0n) is 10.6. The van der Waals surface area contributed by atoms with Crippen LogP contribution in [0.15, 0.2) is 57.9 Å². The third-order valence-corrected chi connectivity index (χ3v) is 4.09. The van der Waals surface area contributed by atoms with Crippen LogP contribution in [0.5, 0.6) is 0 Å². The molecule has 0 radical (unpaired) electrons. The van der Waals surface area contributed by atoms with Crippen LogP contribution in [0.2, 0.25) is 0 Å². The van der Waals surface area contributed by atoms with Crippen LogP contribution in [0.4, 0.5) is 16.2 Å². The topological polar surface area (TPSA) is 89.5 Å². The van der Waals surface area contributed by atoms with Crippen LogP contribution >= 0.6 is 27.9 Å². The third-order valence-electron chi connectivity index (χ3n) is 2.51. The quantitative estimate of drug-likeness (QED) is 0.503. The first-order chi connectivity index (χ1) is 9.97. The number of nitrogens with zero attached hydrogens (tertiary/aromatic N) is 2. The summed E-state index contributed by atoms with van der Waals surface area (Å²) in [6.45, 7) is 0. The minimum Gasteiger partial charge on any atom is -0.350 e. The van der Waals surface area contributed by atoms with Gasteiger partial charge in [-0.25, -0.2) is 9.10 Å². The minimum atomic E-state index is -0.624. The van der Waals surface area contributed by atoms with E-state index in [1.54, 1.807) is 36.4 Å². The smallest absolute Gasteiger partial charge is 0.329 e. The average molecular weight is 368 g/mol. The van der Waals surface area contributed by atoms with E-state index < -0.39 is 11.0 Å². The van der Waals surface area contributed by atoms with E-state index in [-0.39, 0.29) is 5.69 Å². The van der Waals surface area contributed by atoms with Gasteiger partial charge in [0.1, 0.15) is 0 Å². The molecule has 0 aromatic heterocycles. The molecular weight excluding hydrogens is 358 g/mol. The first kappa shape index (κ1) is 15.3. The number of anilines is 1. The fraction of sp³-hybridized carbons (Fsp3) is 0. The van der Waals surface area contributed by atoms with Gasteiger partial charge in [-0.3, -0.25) is 10.1 Å². The van der Waals surface area contributed by atoms with Crippen LogP contribution in [-0.2, 0) is 0 Å². The van der Waals surface area contributed by atoms with Gasteiger partial charge < -0.3 is 5.73 Å². The first-order valence-corrected chi connectivity index (χ1v) is 7.31. The molecule has 0 aliphatic rings. The third kappa shape index (κ3) is 3.96. The van der Waals surface area contributed by atoms with E-state index in [9.17, 15) is 14.9 Å².